The van der Waals surface area contributed by atoms with E-state index in [1.165, 1.54) is 11.4 Å². The standard InChI is InChI=1S/C28H28N2O6S/c1-35-28(32)26-19-29(24-10-4-5-11-25(24)36-26)27(31)17-14-20-12-15-22(16-13-20)37(33,34)30-18-6-8-21-7-2-3-9-23(21)30/h2-5,7,9-13,15-16,26H,6,8,14,17-19H2,1H3/t26-/m0/s1. The zero-order valence-electron chi connectivity index (χ0n) is 20.5. The van der Waals surface area contributed by atoms with E-state index in [4.69, 9.17) is 9.47 Å². The van der Waals surface area contributed by atoms with Gasteiger partial charge in [-0.25, -0.2) is 13.2 Å². The zero-order chi connectivity index (χ0) is 26.0. The van der Waals surface area contributed by atoms with Crippen LogP contribution < -0.4 is 13.9 Å². The topological polar surface area (TPSA) is 93.2 Å². The number of carbonyl (C=O) groups excluding carboxylic acids is 2. The van der Waals surface area contributed by atoms with Gasteiger partial charge in [-0.1, -0.05) is 42.5 Å². The van der Waals surface area contributed by atoms with Crippen molar-refractivity contribution < 1.29 is 27.5 Å². The van der Waals surface area contributed by atoms with Gasteiger partial charge in [0.05, 0.1) is 29.9 Å². The monoisotopic (exact) mass is 520 g/mol. The van der Waals surface area contributed by atoms with Gasteiger partial charge in [0, 0.05) is 13.0 Å². The van der Waals surface area contributed by atoms with Crippen LogP contribution in [0.1, 0.15) is 24.0 Å². The molecule has 2 aliphatic heterocycles. The van der Waals surface area contributed by atoms with E-state index in [-0.39, 0.29) is 23.8 Å². The molecule has 0 aliphatic carbocycles. The number of carbonyl (C=O) groups is 2. The van der Waals surface area contributed by atoms with Crippen LogP contribution in [0, 0.1) is 0 Å². The lowest BCUT2D eigenvalue weighted by molar-refractivity contribution is -0.148. The van der Waals surface area contributed by atoms with Crippen molar-refractivity contribution in [3.63, 3.8) is 0 Å². The van der Waals surface area contributed by atoms with Gasteiger partial charge in [-0.2, -0.15) is 0 Å². The summed E-state index contributed by atoms with van der Waals surface area (Å²) in [6.45, 7) is 0.514. The first-order chi connectivity index (χ1) is 17.9. The minimum absolute atomic E-state index is 0.0665. The van der Waals surface area contributed by atoms with Gasteiger partial charge in [0.25, 0.3) is 10.0 Å². The van der Waals surface area contributed by atoms with Crippen molar-refractivity contribution in [2.24, 2.45) is 0 Å². The molecule has 1 atom stereocenters. The van der Waals surface area contributed by atoms with Crippen LogP contribution >= 0.6 is 0 Å². The summed E-state index contributed by atoms with van der Waals surface area (Å²) in [4.78, 5) is 27.0. The molecule has 0 N–H and O–H groups in total. The average Bonchev–Trinajstić information content (AvgIpc) is 2.94. The van der Waals surface area contributed by atoms with Crippen molar-refractivity contribution in [3.8, 4) is 5.75 Å². The van der Waals surface area contributed by atoms with Crippen molar-refractivity contribution in [2.45, 2.75) is 36.7 Å². The molecule has 0 radical (unpaired) electrons. The molecule has 2 heterocycles. The normalized spacial score (nSPS) is 16.8. The highest BCUT2D eigenvalue weighted by Gasteiger charge is 2.34. The van der Waals surface area contributed by atoms with E-state index in [1.54, 1.807) is 53.4 Å². The first-order valence-corrected chi connectivity index (χ1v) is 13.7. The molecule has 0 aromatic heterocycles. The van der Waals surface area contributed by atoms with E-state index in [9.17, 15) is 18.0 Å². The molecule has 0 saturated heterocycles. The lowest BCUT2D eigenvalue weighted by atomic mass is 10.0. The first-order valence-electron chi connectivity index (χ1n) is 12.2. The third-order valence-electron chi connectivity index (χ3n) is 6.75. The Kier molecular flexibility index (Phi) is 6.88. The number of fused-ring (bicyclic) bond motifs is 2. The van der Waals surface area contributed by atoms with Crippen molar-refractivity contribution >= 4 is 33.3 Å². The Hall–Kier alpha value is -3.85. The van der Waals surface area contributed by atoms with Crippen LogP contribution in [-0.2, 0) is 37.2 Å². The molecule has 0 saturated carbocycles. The summed E-state index contributed by atoms with van der Waals surface area (Å²) in [7, 11) is -2.41. The van der Waals surface area contributed by atoms with Gasteiger partial charge in [0.2, 0.25) is 12.0 Å². The Balaban J connectivity index is 1.28. The van der Waals surface area contributed by atoms with Crippen LogP contribution in [-0.4, -0.2) is 46.6 Å². The van der Waals surface area contributed by atoms with E-state index in [0.717, 1.165) is 29.7 Å². The minimum atomic E-state index is -3.69. The number of hydrogen-bond donors (Lipinski definition) is 0. The largest absolute Gasteiger partial charge is 0.475 e. The molecule has 8 nitrogen and oxygen atoms in total. The van der Waals surface area contributed by atoms with Crippen molar-refractivity contribution in [3.05, 3.63) is 83.9 Å². The van der Waals surface area contributed by atoms with Crippen LogP contribution in [0.2, 0.25) is 0 Å². The molecule has 1 amide bonds. The van der Waals surface area contributed by atoms with Gasteiger partial charge in [0.15, 0.2) is 0 Å². The number of aryl methyl sites for hydroxylation is 2. The summed E-state index contributed by atoms with van der Waals surface area (Å²) >= 11 is 0. The zero-order valence-corrected chi connectivity index (χ0v) is 21.3. The molecule has 0 fully saturated rings. The first kappa shape index (κ1) is 24.8. The second kappa shape index (κ2) is 10.3. The van der Waals surface area contributed by atoms with E-state index < -0.39 is 22.1 Å². The lowest BCUT2D eigenvalue weighted by Gasteiger charge is -2.33. The molecule has 37 heavy (non-hydrogen) atoms. The lowest BCUT2D eigenvalue weighted by Crippen LogP contribution is -2.47. The van der Waals surface area contributed by atoms with E-state index in [0.29, 0.717) is 24.4 Å². The molecular formula is C28H28N2O6S. The summed E-state index contributed by atoms with van der Waals surface area (Å²) in [6.07, 6.45) is 1.36. The fourth-order valence-electron chi connectivity index (χ4n) is 4.82. The van der Waals surface area contributed by atoms with Gasteiger partial charge < -0.3 is 14.4 Å². The van der Waals surface area contributed by atoms with Crippen molar-refractivity contribution in [1.29, 1.82) is 0 Å². The minimum Gasteiger partial charge on any atom is -0.475 e. The predicted molar refractivity (Wildman–Crippen MR) is 139 cm³/mol. The third kappa shape index (κ3) is 4.91. The van der Waals surface area contributed by atoms with E-state index in [1.807, 2.05) is 24.3 Å². The summed E-state index contributed by atoms with van der Waals surface area (Å²) < 4.78 is 38.8. The highest BCUT2D eigenvalue weighted by atomic mass is 32.2. The SMILES string of the molecule is COC(=O)[C@@H]1CN(C(=O)CCc2ccc(S(=O)(=O)N3CCCc4ccccc43)cc2)c2ccccc2O1. The third-order valence-corrected chi connectivity index (χ3v) is 8.57. The maximum atomic E-state index is 13.4. The summed E-state index contributed by atoms with van der Waals surface area (Å²) in [5.74, 6) is -0.252. The number of benzene rings is 3. The van der Waals surface area contributed by atoms with E-state index in [2.05, 4.69) is 0 Å². The van der Waals surface area contributed by atoms with Crippen LogP contribution in [0.5, 0.6) is 5.75 Å². The van der Waals surface area contributed by atoms with Crippen LogP contribution in [0.3, 0.4) is 0 Å². The van der Waals surface area contributed by atoms with Crippen LogP contribution in [0.4, 0.5) is 11.4 Å². The molecule has 3 aromatic rings. The Morgan fingerprint density at radius 2 is 1.68 bits per heavy atom. The molecule has 3 aromatic carbocycles. The Morgan fingerprint density at radius 3 is 2.43 bits per heavy atom. The fourth-order valence-corrected chi connectivity index (χ4v) is 6.36. The molecule has 5 rings (SSSR count). The molecule has 9 heteroatoms. The molecule has 2 aliphatic rings. The fraction of sp³-hybridized carbons (Fsp3) is 0.286. The quantitative estimate of drug-likeness (QED) is 0.460. The number of esters is 1. The van der Waals surface area contributed by atoms with Crippen molar-refractivity contribution in [2.75, 3.05) is 29.4 Å². The van der Waals surface area contributed by atoms with Gasteiger partial charge in [-0.05, 0) is 60.7 Å². The second-order valence-electron chi connectivity index (χ2n) is 9.06. The molecule has 0 bridgehead atoms. The number of ether oxygens (including phenoxy) is 2. The number of para-hydroxylation sites is 3. The molecule has 0 spiro atoms. The highest BCUT2D eigenvalue weighted by Crippen LogP contribution is 2.34. The molecular weight excluding hydrogens is 492 g/mol. The highest BCUT2D eigenvalue weighted by molar-refractivity contribution is 7.92. The molecule has 192 valence electrons. The Labute approximate surface area is 216 Å². The van der Waals surface area contributed by atoms with E-state index >= 15 is 0 Å². The number of amides is 1. The summed E-state index contributed by atoms with van der Waals surface area (Å²) in [6, 6.07) is 21.4. The maximum Gasteiger partial charge on any atom is 0.348 e. The second-order valence-corrected chi connectivity index (χ2v) is 10.9. The van der Waals surface area contributed by atoms with Gasteiger partial charge in [-0.15, -0.1) is 0 Å². The van der Waals surface area contributed by atoms with Crippen molar-refractivity contribution in [1.82, 2.24) is 0 Å². The molecule has 0 unspecified atom stereocenters. The smallest absolute Gasteiger partial charge is 0.348 e. The number of anilines is 2. The Bertz CT molecular complexity index is 1420. The number of hydrogen-bond acceptors (Lipinski definition) is 6. The van der Waals surface area contributed by atoms with Gasteiger partial charge >= 0.3 is 5.97 Å². The van der Waals surface area contributed by atoms with Crippen LogP contribution in [0.15, 0.2) is 77.7 Å². The summed E-state index contributed by atoms with van der Waals surface area (Å²) in [5, 5.41) is 0. The van der Waals surface area contributed by atoms with Gasteiger partial charge in [0.1, 0.15) is 5.75 Å². The Morgan fingerprint density at radius 1 is 0.973 bits per heavy atom. The number of methoxy groups -OCH3 is 1. The summed E-state index contributed by atoms with van der Waals surface area (Å²) in [5.41, 5.74) is 3.22. The van der Waals surface area contributed by atoms with Gasteiger partial charge in [-0.3, -0.25) is 9.10 Å². The average molecular weight is 521 g/mol. The predicted octanol–water partition coefficient (Wildman–Crippen LogP) is 3.73. The number of sulfonamides is 1. The maximum absolute atomic E-state index is 13.4. The number of nitrogens with zero attached hydrogens (tertiary/aromatic N) is 2. The number of rotatable bonds is 6. The van der Waals surface area contributed by atoms with Crippen LogP contribution in [0.25, 0.3) is 0 Å².